The molecule has 0 bridgehead atoms. The molecule has 5 nitrogen and oxygen atoms in total. The zero-order chi connectivity index (χ0) is 21.5. The van der Waals surface area contributed by atoms with Gasteiger partial charge in [0.2, 0.25) is 10.0 Å². The molecule has 1 aromatic carbocycles. The Bertz CT molecular complexity index is 936. The van der Waals surface area contributed by atoms with E-state index in [2.05, 4.69) is 9.71 Å². The maximum atomic E-state index is 11.8. The van der Waals surface area contributed by atoms with E-state index < -0.39 is 36.9 Å². The van der Waals surface area contributed by atoms with Crippen LogP contribution in [0.3, 0.4) is 0 Å². The summed E-state index contributed by atoms with van der Waals surface area (Å²) in [6, 6.07) is 4.65. The number of sulfonamides is 1. The van der Waals surface area contributed by atoms with Crippen LogP contribution < -0.4 is 4.72 Å². The van der Waals surface area contributed by atoms with Crippen LogP contribution in [0.4, 0.5) is 0 Å². The van der Waals surface area contributed by atoms with Crippen LogP contribution in [0.5, 0.6) is 0 Å². The molecule has 0 aliphatic carbocycles. The molecular formula is C14H21N3O2S. The standard InChI is InChI=1S/C14H21N3O2S/c1-15-20(18,19)10-11-4-5-14-13(8-11)12(9-16-14)6-7-17(2)3/h4-5,8-9,15-16H,6-7,10H2,1-3H3/i2D3,3D3,6D2. The van der Waals surface area contributed by atoms with E-state index in [-0.39, 0.29) is 16.2 Å². The van der Waals surface area contributed by atoms with Gasteiger partial charge in [-0.05, 0) is 50.6 Å². The Hall–Kier alpha value is -1.37. The topological polar surface area (TPSA) is 65.2 Å². The van der Waals surface area contributed by atoms with Gasteiger partial charge in [0.1, 0.15) is 0 Å². The van der Waals surface area contributed by atoms with Gasteiger partial charge < -0.3 is 9.88 Å². The molecule has 0 saturated heterocycles. The highest BCUT2D eigenvalue weighted by Gasteiger charge is 2.11. The van der Waals surface area contributed by atoms with Crippen molar-refractivity contribution in [3.63, 3.8) is 0 Å². The van der Waals surface area contributed by atoms with Crippen molar-refractivity contribution in [1.82, 2.24) is 14.6 Å². The average molecular weight is 303 g/mol. The van der Waals surface area contributed by atoms with Gasteiger partial charge in [0, 0.05) is 34.6 Å². The van der Waals surface area contributed by atoms with Crippen LogP contribution >= 0.6 is 0 Å². The number of hydrogen-bond donors (Lipinski definition) is 2. The number of aromatic nitrogens is 1. The Morgan fingerprint density at radius 1 is 1.45 bits per heavy atom. The molecule has 2 rings (SSSR count). The summed E-state index contributed by atoms with van der Waals surface area (Å²) in [5, 5.41) is 0.352. The number of likely N-dealkylation sites (N-methyl/N-ethyl adjacent to an activating group) is 1. The van der Waals surface area contributed by atoms with E-state index in [1.165, 1.54) is 19.3 Å². The lowest BCUT2D eigenvalue weighted by Gasteiger charge is -2.08. The molecule has 110 valence electrons. The zero-order valence-corrected chi connectivity index (χ0v) is 11.7. The summed E-state index contributed by atoms with van der Waals surface area (Å²) >= 11 is 0. The number of nitrogens with zero attached hydrogens (tertiary/aromatic N) is 1. The first-order valence-corrected chi connectivity index (χ1v) is 7.51. The second kappa shape index (κ2) is 5.95. The molecule has 20 heavy (non-hydrogen) atoms. The molecular weight excluding hydrogens is 274 g/mol. The van der Waals surface area contributed by atoms with Gasteiger partial charge in [0.25, 0.3) is 0 Å². The summed E-state index contributed by atoms with van der Waals surface area (Å²) in [7, 11) is -2.26. The largest absolute Gasteiger partial charge is 0.361 e. The van der Waals surface area contributed by atoms with Gasteiger partial charge in [-0.2, -0.15) is 0 Å². The molecule has 0 spiro atoms. The van der Waals surface area contributed by atoms with Crippen molar-refractivity contribution >= 4 is 20.9 Å². The molecule has 0 radical (unpaired) electrons. The van der Waals surface area contributed by atoms with Crippen LogP contribution in [0.25, 0.3) is 10.9 Å². The molecule has 1 heterocycles. The molecule has 6 heteroatoms. The Balaban J connectivity index is 2.47. The summed E-state index contributed by atoms with van der Waals surface area (Å²) in [5.41, 5.74) is 0.963. The van der Waals surface area contributed by atoms with Crippen molar-refractivity contribution in [3.8, 4) is 0 Å². The molecule has 1 aromatic heterocycles. The van der Waals surface area contributed by atoms with Gasteiger partial charge in [0.05, 0.1) is 5.75 Å². The number of H-pyrrole nitrogens is 1. The van der Waals surface area contributed by atoms with Crippen LogP contribution in [0, 0.1) is 0 Å². The fourth-order valence-corrected chi connectivity index (χ4v) is 2.62. The lowest BCUT2D eigenvalue weighted by atomic mass is 10.1. The van der Waals surface area contributed by atoms with Crippen LogP contribution in [0.1, 0.15) is 22.1 Å². The van der Waals surface area contributed by atoms with Crippen molar-refractivity contribution < 1.29 is 19.4 Å². The molecule has 0 atom stereocenters. The molecule has 0 aliphatic heterocycles. The SMILES string of the molecule is [2H]C([2H])(CN(C([2H])([2H])[2H])C([2H])([2H])[2H])c1c[nH]c2ccc(CS(=O)(=O)NC)cc12. The Labute approximate surface area is 131 Å². The minimum atomic E-state index is -3.54. The minimum Gasteiger partial charge on any atom is -0.361 e. The van der Waals surface area contributed by atoms with Crippen LogP contribution in [0.15, 0.2) is 24.4 Å². The van der Waals surface area contributed by atoms with E-state index in [1.54, 1.807) is 12.1 Å². The Morgan fingerprint density at radius 2 is 2.25 bits per heavy atom. The Morgan fingerprint density at radius 3 is 2.95 bits per heavy atom. The van der Waals surface area contributed by atoms with Crippen LogP contribution in [0.2, 0.25) is 0 Å². The third-order valence-corrected chi connectivity index (χ3v) is 4.18. The van der Waals surface area contributed by atoms with E-state index in [9.17, 15) is 8.42 Å². The minimum absolute atomic E-state index is 0.0460. The number of aromatic amines is 1. The highest BCUT2D eigenvalue weighted by Crippen LogP contribution is 2.21. The summed E-state index contributed by atoms with van der Waals surface area (Å²) in [6.45, 7) is -6.93. The lowest BCUT2D eigenvalue weighted by Crippen LogP contribution is -2.20. The Kier molecular flexibility index (Phi) is 2.26. The van der Waals surface area contributed by atoms with E-state index in [0.29, 0.717) is 16.5 Å². The van der Waals surface area contributed by atoms with Gasteiger partial charge in [-0.3, -0.25) is 0 Å². The second-order valence-corrected chi connectivity index (χ2v) is 6.23. The molecule has 0 amide bonds. The molecule has 2 N–H and O–H groups in total. The number of rotatable bonds is 6. The molecule has 0 unspecified atom stereocenters. The number of fused-ring (bicyclic) bond motifs is 1. The molecule has 0 saturated carbocycles. The lowest BCUT2D eigenvalue weighted by molar-refractivity contribution is 0.414. The number of benzene rings is 1. The van der Waals surface area contributed by atoms with Crippen LogP contribution in [-0.2, 0) is 22.1 Å². The van der Waals surface area contributed by atoms with E-state index >= 15 is 0 Å². The van der Waals surface area contributed by atoms with Crippen molar-refractivity contribution in [2.75, 3.05) is 27.5 Å². The van der Waals surface area contributed by atoms with E-state index in [4.69, 9.17) is 11.0 Å². The zero-order valence-electron chi connectivity index (χ0n) is 18.9. The third kappa shape index (κ3) is 3.59. The average Bonchev–Trinajstić information content (AvgIpc) is 2.94. The number of hydrogen-bond acceptors (Lipinski definition) is 3. The van der Waals surface area contributed by atoms with Gasteiger partial charge in [-0.25, -0.2) is 13.1 Å². The van der Waals surface area contributed by atoms with E-state index in [1.807, 2.05) is 0 Å². The quantitative estimate of drug-likeness (QED) is 0.846. The summed E-state index contributed by atoms with van der Waals surface area (Å²) in [6.07, 6.45) is -1.00. The predicted molar refractivity (Wildman–Crippen MR) is 82.2 cm³/mol. The smallest absolute Gasteiger partial charge is 0.215 e. The molecule has 2 aromatic rings. The maximum absolute atomic E-state index is 11.8. The van der Waals surface area contributed by atoms with Crippen molar-refractivity contribution in [1.29, 1.82) is 0 Å². The van der Waals surface area contributed by atoms with Gasteiger partial charge in [0.15, 0.2) is 0 Å². The predicted octanol–water partition coefficient (Wildman–Crippen LogP) is 1.32. The highest BCUT2D eigenvalue weighted by molar-refractivity contribution is 7.88. The summed E-state index contributed by atoms with van der Waals surface area (Å²) < 4.78 is 86.9. The second-order valence-electron chi connectivity index (χ2n) is 4.31. The first-order chi connectivity index (χ1) is 12.6. The molecule has 0 fully saturated rings. The fraction of sp³-hybridized carbons (Fsp3) is 0.429. The van der Waals surface area contributed by atoms with Crippen molar-refractivity contribution in [2.24, 2.45) is 0 Å². The third-order valence-electron chi connectivity index (χ3n) is 2.84. The van der Waals surface area contributed by atoms with E-state index in [0.717, 1.165) is 0 Å². The first-order valence-electron chi connectivity index (χ1n) is 9.86. The summed E-state index contributed by atoms with van der Waals surface area (Å²) in [4.78, 5) is 3.01. The monoisotopic (exact) mass is 303 g/mol. The fourth-order valence-electron chi connectivity index (χ4n) is 1.86. The highest BCUT2D eigenvalue weighted by atomic mass is 32.2. The number of nitrogens with one attached hydrogen (secondary N) is 2. The maximum Gasteiger partial charge on any atom is 0.215 e. The van der Waals surface area contributed by atoms with Gasteiger partial charge >= 0.3 is 0 Å². The first kappa shape index (κ1) is 7.59. The molecule has 0 aliphatic rings. The summed E-state index contributed by atoms with van der Waals surface area (Å²) in [5.74, 6) is -0.316. The van der Waals surface area contributed by atoms with Gasteiger partial charge in [-0.15, -0.1) is 0 Å². The van der Waals surface area contributed by atoms with Crippen molar-refractivity contribution in [3.05, 3.63) is 35.5 Å². The van der Waals surface area contributed by atoms with Crippen LogP contribution in [-0.4, -0.2) is 45.8 Å². The normalized spacial score (nSPS) is 20.3. The van der Waals surface area contributed by atoms with Gasteiger partial charge in [-0.1, -0.05) is 6.07 Å². The van der Waals surface area contributed by atoms with Crippen molar-refractivity contribution in [2.45, 2.75) is 12.1 Å².